The molecule has 0 bridgehead atoms. The Morgan fingerprint density at radius 2 is 2.14 bits per heavy atom. The summed E-state index contributed by atoms with van der Waals surface area (Å²) in [5, 5.41) is 11.3. The molecule has 3 aromatic rings. The van der Waals surface area contributed by atoms with Crippen molar-refractivity contribution < 1.29 is 22.7 Å². The molecule has 8 nitrogen and oxygen atoms in total. The third-order valence-electron chi connectivity index (χ3n) is 6.67. The van der Waals surface area contributed by atoms with Crippen molar-refractivity contribution in [2.24, 2.45) is 24.8 Å². The smallest absolute Gasteiger partial charge is 0.401 e. The minimum absolute atomic E-state index is 0.225. The van der Waals surface area contributed by atoms with E-state index < -0.39 is 12.7 Å². The molecule has 1 aliphatic carbocycles. The Bertz CT molecular complexity index is 1160. The van der Waals surface area contributed by atoms with E-state index in [2.05, 4.69) is 27.5 Å². The van der Waals surface area contributed by atoms with Crippen LogP contribution in [0.5, 0.6) is 5.75 Å². The van der Waals surface area contributed by atoms with E-state index in [4.69, 9.17) is 4.74 Å². The van der Waals surface area contributed by atoms with Crippen molar-refractivity contribution in [2.75, 3.05) is 32.1 Å². The molecule has 0 aliphatic heterocycles. The van der Waals surface area contributed by atoms with Crippen LogP contribution in [-0.2, 0) is 7.05 Å². The molecular formula is C24H31F3N6O2. The van der Waals surface area contributed by atoms with E-state index in [0.717, 1.165) is 30.2 Å². The number of carbonyl (C=O) groups is 1. The molecule has 2 heterocycles. The molecule has 1 aliphatic rings. The summed E-state index contributed by atoms with van der Waals surface area (Å²) < 4.78 is 45.4. The first-order valence-electron chi connectivity index (χ1n) is 11.7. The number of carbonyl (C=O) groups excluding carboxylic acids is 1. The third kappa shape index (κ3) is 6.53. The van der Waals surface area contributed by atoms with E-state index in [0.29, 0.717) is 36.4 Å². The minimum atomic E-state index is -4.16. The Balaban J connectivity index is 1.29. The van der Waals surface area contributed by atoms with Gasteiger partial charge >= 0.3 is 6.18 Å². The Morgan fingerprint density at radius 3 is 2.86 bits per heavy atom. The van der Waals surface area contributed by atoms with Gasteiger partial charge < -0.3 is 15.0 Å². The van der Waals surface area contributed by atoms with Crippen LogP contribution in [0.1, 0.15) is 36.7 Å². The highest BCUT2D eigenvalue weighted by Crippen LogP contribution is 2.38. The number of anilines is 1. The maximum Gasteiger partial charge on any atom is 0.401 e. The molecule has 0 radical (unpaired) electrons. The summed E-state index contributed by atoms with van der Waals surface area (Å²) in [6.45, 7) is 2.25. The summed E-state index contributed by atoms with van der Waals surface area (Å²) in [6.07, 6.45) is 1.87. The van der Waals surface area contributed by atoms with E-state index in [-0.39, 0.29) is 17.5 Å². The minimum Gasteiger partial charge on any atom is -0.494 e. The van der Waals surface area contributed by atoms with Crippen LogP contribution in [0.15, 0.2) is 30.6 Å². The first-order valence-corrected chi connectivity index (χ1v) is 11.7. The molecule has 35 heavy (non-hydrogen) atoms. The molecule has 0 unspecified atom stereocenters. The monoisotopic (exact) mass is 492 g/mol. The van der Waals surface area contributed by atoms with Gasteiger partial charge in [-0.05, 0) is 62.3 Å². The summed E-state index contributed by atoms with van der Waals surface area (Å²) >= 11 is 0. The van der Waals surface area contributed by atoms with E-state index in [1.807, 2.05) is 18.2 Å². The number of H-pyrrole nitrogens is 1. The molecule has 1 amide bonds. The molecule has 3 atom stereocenters. The van der Waals surface area contributed by atoms with Crippen LogP contribution in [0.3, 0.4) is 0 Å². The number of ether oxygens (including phenoxy) is 1. The van der Waals surface area contributed by atoms with Crippen LogP contribution in [-0.4, -0.2) is 63.7 Å². The van der Waals surface area contributed by atoms with Gasteiger partial charge in [0.1, 0.15) is 5.75 Å². The molecule has 2 aromatic heterocycles. The van der Waals surface area contributed by atoms with Crippen LogP contribution < -0.4 is 10.1 Å². The average Bonchev–Trinajstić information content (AvgIpc) is 3.46. The highest BCUT2D eigenvalue weighted by Gasteiger charge is 2.35. The molecule has 2 N–H and O–H groups in total. The molecule has 0 spiro atoms. The zero-order valence-electron chi connectivity index (χ0n) is 20.1. The second-order valence-electron chi connectivity index (χ2n) is 9.67. The van der Waals surface area contributed by atoms with Crippen LogP contribution in [0.2, 0.25) is 0 Å². The van der Waals surface area contributed by atoms with Crippen molar-refractivity contribution in [3.05, 3.63) is 36.3 Å². The number of nitrogens with one attached hydrogen (secondary N) is 2. The predicted molar refractivity (Wildman–Crippen MR) is 126 cm³/mol. The largest absolute Gasteiger partial charge is 0.494 e. The van der Waals surface area contributed by atoms with E-state index in [9.17, 15) is 18.0 Å². The van der Waals surface area contributed by atoms with Crippen molar-refractivity contribution in [1.29, 1.82) is 0 Å². The second kappa shape index (κ2) is 10.3. The molecule has 1 fully saturated rings. The van der Waals surface area contributed by atoms with Gasteiger partial charge in [0.15, 0.2) is 5.69 Å². The molecule has 4 rings (SSSR count). The number of nitrogens with zero attached hydrogens (tertiary/aromatic N) is 4. The lowest BCUT2D eigenvalue weighted by atomic mass is 9.98. The first-order chi connectivity index (χ1) is 16.6. The van der Waals surface area contributed by atoms with Crippen molar-refractivity contribution in [1.82, 2.24) is 24.9 Å². The number of aromatic nitrogens is 4. The maximum atomic E-state index is 12.6. The van der Waals surface area contributed by atoms with Gasteiger partial charge in [0.2, 0.25) is 0 Å². The fraction of sp³-hybridized carbons (Fsp3) is 0.542. The summed E-state index contributed by atoms with van der Waals surface area (Å²) in [4.78, 5) is 16.9. The van der Waals surface area contributed by atoms with Gasteiger partial charge in [-0.1, -0.05) is 12.1 Å². The number of benzene rings is 1. The van der Waals surface area contributed by atoms with Crippen molar-refractivity contribution in [3.63, 3.8) is 0 Å². The molecule has 1 saturated carbocycles. The van der Waals surface area contributed by atoms with Crippen molar-refractivity contribution in [2.45, 2.75) is 32.4 Å². The standard InChI is InChI=1S/C24H31F3N6O2/c1-15-8-16(9-17(15)12-32(2)14-24(25,26)27)6-7-35-18-4-5-20-19(10-18)21(11-28-20)29-23(34)22-13-33(3)31-30-22/h4-5,10-11,13,15-17,28H,6-9,12,14H2,1-3H3,(H,29,34)/t15-,16+,17-/m1/s1. The highest BCUT2D eigenvalue weighted by molar-refractivity contribution is 6.08. The molecule has 190 valence electrons. The number of fused-ring (bicyclic) bond motifs is 1. The van der Waals surface area contributed by atoms with Crippen molar-refractivity contribution >= 4 is 22.5 Å². The number of aromatic amines is 1. The average molecular weight is 493 g/mol. The molecule has 0 saturated heterocycles. The Kier molecular flexibility index (Phi) is 7.34. The second-order valence-corrected chi connectivity index (χ2v) is 9.67. The van der Waals surface area contributed by atoms with E-state index >= 15 is 0 Å². The van der Waals surface area contributed by atoms with E-state index in [1.54, 1.807) is 19.4 Å². The van der Waals surface area contributed by atoms with Gasteiger partial charge in [0.05, 0.1) is 25.0 Å². The summed E-state index contributed by atoms with van der Waals surface area (Å²) in [5.74, 6) is 1.44. The van der Waals surface area contributed by atoms with Crippen LogP contribution in [0, 0.1) is 17.8 Å². The molecular weight excluding hydrogens is 461 g/mol. The number of alkyl halides is 3. The Morgan fingerprint density at radius 1 is 1.34 bits per heavy atom. The zero-order valence-corrected chi connectivity index (χ0v) is 20.1. The van der Waals surface area contributed by atoms with Crippen molar-refractivity contribution in [3.8, 4) is 5.75 Å². The predicted octanol–water partition coefficient (Wildman–Crippen LogP) is 4.47. The topological polar surface area (TPSA) is 88.1 Å². The van der Waals surface area contributed by atoms with Gasteiger partial charge in [-0.25, -0.2) is 0 Å². The zero-order chi connectivity index (χ0) is 25.2. The fourth-order valence-electron chi connectivity index (χ4n) is 5.01. The first kappa shape index (κ1) is 25.0. The number of rotatable bonds is 9. The Labute approximate surface area is 201 Å². The highest BCUT2D eigenvalue weighted by atomic mass is 19.4. The fourth-order valence-corrected chi connectivity index (χ4v) is 5.01. The van der Waals surface area contributed by atoms with Crippen LogP contribution >= 0.6 is 0 Å². The van der Waals surface area contributed by atoms with Gasteiger partial charge in [-0.2, -0.15) is 13.2 Å². The maximum absolute atomic E-state index is 12.6. The number of aryl methyl sites for hydroxylation is 1. The van der Waals surface area contributed by atoms with Crippen LogP contribution in [0.4, 0.5) is 18.9 Å². The quantitative estimate of drug-likeness (QED) is 0.460. The lowest BCUT2D eigenvalue weighted by Crippen LogP contribution is -2.35. The van der Waals surface area contributed by atoms with Gasteiger partial charge in [0.25, 0.3) is 5.91 Å². The molecule has 11 heteroatoms. The number of halogens is 3. The van der Waals surface area contributed by atoms with Gasteiger partial charge in [-0.15, -0.1) is 5.10 Å². The number of amides is 1. The number of hydrogen-bond donors (Lipinski definition) is 2. The lowest BCUT2D eigenvalue weighted by Gasteiger charge is -2.24. The van der Waals surface area contributed by atoms with Crippen LogP contribution in [0.25, 0.3) is 10.9 Å². The van der Waals surface area contributed by atoms with Gasteiger partial charge in [0, 0.05) is 30.7 Å². The SMILES string of the molecule is C[C@@H]1C[C@H](CCOc2ccc3[nH]cc(NC(=O)c4cn(C)nn4)c3c2)C[C@@H]1CN(C)CC(F)(F)F. The van der Waals surface area contributed by atoms with Gasteiger partial charge in [-0.3, -0.25) is 14.4 Å². The van der Waals surface area contributed by atoms with E-state index in [1.165, 1.54) is 16.6 Å². The summed E-state index contributed by atoms with van der Waals surface area (Å²) in [5.41, 5.74) is 1.71. The molecule has 1 aromatic carbocycles. The lowest BCUT2D eigenvalue weighted by molar-refractivity contribution is -0.144. The summed E-state index contributed by atoms with van der Waals surface area (Å²) in [6, 6.07) is 5.65. The third-order valence-corrected chi connectivity index (χ3v) is 6.67. The summed E-state index contributed by atoms with van der Waals surface area (Å²) in [7, 11) is 3.23. The number of hydrogen-bond acceptors (Lipinski definition) is 5. The normalized spacial score (nSPS) is 20.6. The Hall–Kier alpha value is -3.08.